The highest BCUT2D eigenvalue weighted by atomic mass is 16.5. The summed E-state index contributed by atoms with van der Waals surface area (Å²) in [6, 6.07) is 14.8. The Morgan fingerprint density at radius 1 is 0.931 bits per heavy atom. The molecule has 0 atom stereocenters. The number of amides is 3. The molecular formula is C22H23N3O4. The average molecular weight is 393 g/mol. The molecule has 0 radical (unpaired) electrons. The molecule has 1 N–H and O–H groups in total. The zero-order valence-electron chi connectivity index (χ0n) is 16.1. The number of imide groups is 1. The predicted octanol–water partition coefficient (Wildman–Crippen LogP) is 1.83. The van der Waals surface area contributed by atoms with Crippen molar-refractivity contribution in [2.45, 2.75) is 13.0 Å². The van der Waals surface area contributed by atoms with Crippen LogP contribution < -0.4 is 10.2 Å². The van der Waals surface area contributed by atoms with E-state index in [1.807, 2.05) is 24.3 Å². The molecule has 2 aliphatic heterocycles. The van der Waals surface area contributed by atoms with E-state index in [2.05, 4.69) is 10.2 Å². The van der Waals surface area contributed by atoms with Gasteiger partial charge in [-0.2, -0.15) is 0 Å². The minimum atomic E-state index is -0.336. The maximum Gasteiger partial charge on any atom is 0.261 e. The summed E-state index contributed by atoms with van der Waals surface area (Å²) in [6.07, 6.45) is 0.0807. The van der Waals surface area contributed by atoms with Crippen LogP contribution in [0.25, 0.3) is 0 Å². The fourth-order valence-corrected chi connectivity index (χ4v) is 3.59. The Kier molecular flexibility index (Phi) is 5.57. The van der Waals surface area contributed by atoms with E-state index in [0.717, 1.165) is 42.5 Å². The summed E-state index contributed by atoms with van der Waals surface area (Å²) in [6.45, 7) is 3.73. The number of ether oxygens (including phenoxy) is 1. The number of fused-ring (bicyclic) bond motifs is 1. The lowest BCUT2D eigenvalue weighted by Gasteiger charge is -2.28. The molecule has 2 aromatic carbocycles. The van der Waals surface area contributed by atoms with E-state index >= 15 is 0 Å². The lowest BCUT2D eigenvalue weighted by atomic mass is 10.1. The number of rotatable bonds is 6. The van der Waals surface area contributed by atoms with Crippen molar-refractivity contribution in [3.8, 4) is 0 Å². The number of carbonyl (C=O) groups is 3. The Morgan fingerprint density at radius 2 is 1.55 bits per heavy atom. The summed E-state index contributed by atoms with van der Waals surface area (Å²) in [4.78, 5) is 40.2. The van der Waals surface area contributed by atoms with Crippen LogP contribution >= 0.6 is 0 Å². The molecule has 1 fully saturated rings. The SMILES string of the molecule is O=C(CCN1C(=O)c2ccccc2C1=O)NCc1ccc(N2CCOCC2)cc1. The second-order valence-electron chi connectivity index (χ2n) is 7.10. The van der Waals surface area contributed by atoms with Crippen LogP contribution in [0.2, 0.25) is 0 Å². The van der Waals surface area contributed by atoms with Gasteiger partial charge in [0.15, 0.2) is 0 Å². The Morgan fingerprint density at radius 3 is 2.17 bits per heavy atom. The topological polar surface area (TPSA) is 79.0 Å². The lowest BCUT2D eigenvalue weighted by Crippen LogP contribution is -2.36. The number of morpholine rings is 1. The maximum atomic E-state index is 12.3. The summed E-state index contributed by atoms with van der Waals surface area (Å²) in [5.74, 6) is -0.868. The normalized spacial score (nSPS) is 16.1. The monoisotopic (exact) mass is 393 g/mol. The molecule has 2 aliphatic rings. The van der Waals surface area contributed by atoms with Gasteiger partial charge in [0, 0.05) is 38.3 Å². The summed E-state index contributed by atoms with van der Waals surface area (Å²) in [7, 11) is 0. The Balaban J connectivity index is 1.25. The number of benzene rings is 2. The van der Waals surface area contributed by atoms with E-state index in [-0.39, 0.29) is 30.7 Å². The van der Waals surface area contributed by atoms with Gasteiger partial charge in [0.05, 0.1) is 24.3 Å². The van der Waals surface area contributed by atoms with Gasteiger partial charge < -0.3 is 15.0 Å². The Labute approximate surface area is 169 Å². The molecule has 0 saturated carbocycles. The molecule has 150 valence electrons. The molecule has 7 heteroatoms. The maximum absolute atomic E-state index is 12.3. The van der Waals surface area contributed by atoms with Crippen molar-refractivity contribution in [1.29, 1.82) is 0 Å². The van der Waals surface area contributed by atoms with Gasteiger partial charge in [0.1, 0.15) is 0 Å². The molecule has 0 bridgehead atoms. The van der Waals surface area contributed by atoms with E-state index in [4.69, 9.17) is 4.74 Å². The van der Waals surface area contributed by atoms with Crippen LogP contribution in [0.4, 0.5) is 5.69 Å². The van der Waals surface area contributed by atoms with Crippen LogP contribution in [0.5, 0.6) is 0 Å². The number of nitrogens with zero attached hydrogens (tertiary/aromatic N) is 2. The quantitative estimate of drug-likeness (QED) is 0.758. The first-order chi connectivity index (χ1) is 14.1. The van der Waals surface area contributed by atoms with Gasteiger partial charge in [0.25, 0.3) is 11.8 Å². The third-order valence-electron chi connectivity index (χ3n) is 5.24. The second-order valence-corrected chi connectivity index (χ2v) is 7.10. The van der Waals surface area contributed by atoms with Crippen molar-refractivity contribution in [3.63, 3.8) is 0 Å². The van der Waals surface area contributed by atoms with Gasteiger partial charge in [-0.3, -0.25) is 19.3 Å². The highest BCUT2D eigenvalue weighted by Crippen LogP contribution is 2.22. The first-order valence-corrected chi connectivity index (χ1v) is 9.77. The molecule has 3 amide bonds. The number of hydrogen-bond donors (Lipinski definition) is 1. The number of nitrogens with one attached hydrogen (secondary N) is 1. The molecule has 0 aromatic heterocycles. The highest BCUT2D eigenvalue weighted by Gasteiger charge is 2.34. The summed E-state index contributed by atoms with van der Waals surface area (Å²) in [5.41, 5.74) is 2.95. The highest BCUT2D eigenvalue weighted by molar-refractivity contribution is 6.21. The minimum absolute atomic E-state index is 0.0775. The second kappa shape index (κ2) is 8.45. The third-order valence-corrected chi connectivity index (χ3v) is 5.24. The van der Waals surface area contributed by atoms with Crippen LogP contribution in [-0.2, 0) is 16.1 Å². The van der Waals surface area contributed by atoms with Gasteiger partial charge >= 0.3 is 0 Å². The molecule has 0 spiro atoms. The van der Waals surface area contributed by atoms with Gasteiger partial charge in [-0.1, -0.05) is 24.3 Å². The lowest BCUT2D eigenvalue weighted by molar-refractivity contribution is -0.121. The number of carbonyl (C=O) groups excluding carboxylic acids is 3. The average Bonchev–Trinajstić information content (AvgIpc) is 3.02. The molecular weight excluding hydrogens is 370 g/mol. The van der Waals surface area contributed by atoms with Crippen LogP contribution in [0.15, 0.2) is 48.5 Å². The Bertz CT molecular complexity index is 885. The van der Waals surface area contributed by atoms with E-state index in [0.29, 0.717) is 17.7 Å². The van der Waals surface area contributed by atoms with Crippen molar-refractivity contribution >= 4 is 23.4 Å². The number of hydrogen-bond acceptors (Lipinski definition) is 5. The van der Waals surface area contributed by atoms with Gasteiger partial charge in [0.2, 0.25) is 5.91 Å². The fraction of sp³-hybridized carbons (Fsp3) is 0.318. The molecule has 1 saturated heterocycles. The fourth-order valence-electron chi connectivity index (χ4n) is 3.59. The van der Waals surface area contributed by atoms with Crippen LogP contribution in [0.1, 0.15) is 32.7 Å². The molecule has 0 aliphatic carbocycles. The summed E-state index contributed by atoms with van der Waals surface area (Å²) in [5, 5.41) is 2.85. The van der Waals surface area contributed by atoms with Crippen molar-refractivity contribution in [2.75, 3.05) is 37.7 Å². The van der Waals surface area contributed by atoms with E-state index in [9.17, 15) is 14.4 Å². The minimum Gasteiger partial charge on any atom is -0.378 e. The van der Waals surface area contributed by atoms with Crippen LogP contribution in [0.3, 0.4) is 0 Å². The molecule has 29 heavy (non-hydrogen) atoms. The zero-order chi connectivity index (χ0) is 20.2. The van der Waals surface area contributed by atoms with Crippen LogP contribution in [-0.4, -0.2) is 55.5 Å². The van der Waals surface area contributed by atoms with E-state index < -0.39 is 0 Å². The van der Waals surface area contributed by atoms with Gasteiger partial charge in [-0.15, -0.1) is 0 Å². The zero-order valence-corrected chi connectivity index (χ0v) is 16.1. The van der Waals surface area contributed by atoms with Gasteiger partial charge in [-0.25, -0.2) is 0 Å². The first-order valence-electron chi connectivity index (χ1n) is 9.77. The van der Waals surface area contributed by atoms with Crippen molar-refractivity contribution < 1.29 is 19.1 Å². The van der Waals surface area contributed by atoms with Crippen molar-refractivity contribution in [1.82, 2.24) is 10.2 Å². The standard InChI is InChI=1S/C22H23N3O4/c26-20(9-10-25-21(27)18-3-1-2-4-19(18)22(25)28)23-15-16-5-7-17(8-6-16)24-11-13-29-14-12-24/h1-8H,9-15H2,(H,23,26). The molecule has 2 aromatic rings. The van der Waals surface area contributed by atoms with E-state index in [1.165, 1.54) is 0 Å². The summed E-state index contributed by atoms with van der Waals surface area (Å²) < 4.78 is 5.37. The van der Waals surface area contributed by atoms with E-state index in [1.54, 1.807) is 24.3 Å². The van der Waals surface area contributed by atoms with Gasteiger partial charge in [-0.05, 0) is 29.8 Å². The number of anilines is 1. The molecule has 2 heterocycles. The van der Waals surface area contributed by atoms with Crippen LogP contribution in [0, 0.1) is 0 Å². The summed E-state index contributed by atoms with van der Waals surface area (Å²) >= 11 is 0. The largest absolute Gasteiger partial charge is 0.378 e. The Hall–Kier alpha value is -3.19. The third kappa shape index (κ3) is 4.14. The smallest absolute Gasteiger partial charge is 0.261 e. The molecule has 4 rings (SSSR count). The first kappa shape index (κ1) is 19.1. The molecule has 0 unspecified atom stereocenters. The van der Waals surface area contributed by atoms with Crippen molar-refractivity contribution in [2.24, 2.45) is 0 Å². The van der Waals surface area contributed by atoms with Crippen molar-refractivity contribution in [3.05, 3.63) is 65.2 Å². The predicted molar refractivity (Wildman–Crippen MR) is 108 cm³/mol. The molecule has 7 nitrogen and oxygen atoms in total.